The second-order valence-electron chi connectivity index (χ2n) is 4.72. The number of halogens is 1. The van der Waals surface area contributed by atoms with Gasteiger partial charge in [-0.15, -0.1) is 12.4 Å². The van der Waals surface area contributed by atoms with E-state index in [2.05, 4.69) is 5.32 Å². The molecule has 0 aromatic heterocycles. The normalized spacial score (nSPS) is 11.2. The summed E-state index contributed by atoms with van der Waals surface area (Å²) < 4.78 is 10.9. The second-order valence-corrected chi connectivity index (χ2v) is 4.72. The van der Waals surface area contributed by atoms with Crippen LogP contribution in [0.1, 0.15) is 6.92 Å². The van der Waals surface area contributed by atoms with E-state index in [4.69, 9.17) is 9.47 Å². The number of rotatable bonds is 8. The Morgan fingerprint density at radius 3 is 2.52 bits per heavy atom. The molecule has 0 aliphatic carbocycles. The molecular formula is C15H25ClN2O3. The zero-order valence-electron chi connectivity index (χ0n) is 13.1. The minimum Gasteiger partial charge on any atom is -0.493 e. The van der Waals surface area contributed by atoms with E-state index in [1.54, 1.807) is 19.1 Å². The Labute approximate surface area is 133 Å². The average Bonchev–Trinajstić information content (AvgIpc) is 2.47. The van der Waals surface area contributed by atoms with E-state index in [1.807, 2.05) is 38.2 Å². The molecule has 0 saturated heterocycles. The largest absolute Gasteiger partial charge is 0.493 e. The highest BCUT2D eigenvalue weighted by atomic mass is 35.5. The number of amides is 1. The fourth-order valence-electron chi connectivity index (χ4n) is 1.91. The summed E-state index contributed by atoms with van der Waals surface area (Å²) in [4.78, 5) is 13.7. The summed E-state index contributed by atoms with van der Waals surface area (Å²) in [5.41, 5.74) is 0. The summed E-state index contributed by atoms with van der Waals surface area (Å²) >= 11 is 0. The van der Waals surface area contributed by atoms with Gasteiger partial charge in [0.1, 0.15) is 6.61 Å². The van der Waals surface area contributed by atoms with Crippen LogP contribution >= 0.6 is 12.4 Å². The Morgan fingerprint density at radius 2 is 1.95 bits per heavy atom. The van der Waals surface area contributed by atoms with Gasteiger partial charge in [0.05, 0.1) is 13.7 Å². The summed E-state index contributed by atoms with van der Waals surface area (Å²) in [6, 6.07) is 7.48. The lowest BCUT2D eigenvalue weighted by molar-refractivity contribution is -0.133. The van der Waals surface area contributed by atoms with Crippen LogP contribution in [0.4, 0.5) is 0 Å². The summed E-state index contributed by atoms with van der Waals surface area (Å²) in [6.07, 6.45) is 0. The Balaban J connectivity index is 0.00000400. The Kier molecular flexibility index (Phi) is 9.58. The van der Waals surface area contributed by atoms with Gasteiger partial charge >= 0.3 is 0 Å². The standard InChI is InChI=1S/C15H24N2O3.ClH/c1-12(11-16-2)15(18)17(3)9-10-20-14-8-6-5-7-13(14)19-4;/h5-8,12,16H,9-11H2,1-4H3;1H. The first kappa shape index (κ1) is 19.5. The summed E-state index contributed by atoms with van der Waals surface area (Å²) in [5.74, 6) is 1.48. The van der Waals surface area contributed by atoms with Gasteiger partial charge in [0.25, 0.3) is 0 Å². The van der Waals surface area contributed by atoms with Crippen molar-refractivity contribution < 1.29 is 14.3 Å². The molecule has 21 heavy (non-hydrogen) atoms. The van der Waals surface area contributed by atoms with Crippen LogP contribution < -0.4 is 14.8 Å². The van der Waals surface area contributed by atoms with Crippen molar-refractivity contribution in [1.82, 2.24) is 10.2 Å². The second kappa shape index (κ2) is 10.3. The van der Waals surface area contributed by atoms with Crippen LogP contribution in [0.3, 0.4) is 0 Å². The quantitative estimate of drug-likeness (QED) is 0.794. The van der Waals surface area contributed by atoms with E-state index < -0.39 is 0 Å². The van der Waals surface area contributed by atoms with Crippen LogP contribution in [0.15, 0.2) is 24.3 Å². The van der Waals surface area contributed by atoms with Crippen LogP contribution in [0.5, 0.6) is 11.5 Å². The van der Waals surface area contributed by atoms with Crippen molar-refractivity contribution in [2.75, 3.05) is 40.9 Å². The van der Waals surface area contributed by atoms with Gasteiger partial charge in [-0.1, -0.05) is 19.1 Å². The van der Waals surface area contributed by atoms with E-state index in [-0.39, 0.29) is 24.2 Å². The van der Waals surface area contributed by atoms with Gasteiger partial charge in [0.15, 0.2) is 11.5 Å². The molecule has 0 spiro atoms. The van der Waals surface area contributed by atoms with E-state index in [0.29, 0.717) is 31.2 Å². The van der Waals surface area contributed by atoms with E-state index in [1.165, 1.54) is 0 Å². The van der Waals surface area contributed by atoms with Crippen LogP contribution in [-0.4, -0.2) is 51.7 Å². The number of nitrogens with one attached hydrogen (secondary N) is 1. The third-order valence-corrected chi connectivity index (χ3v) is 3.06. The predicted molar refractivity (Wildman–Crippen MR) is 86.5 cm³/mol. The number of nitrogens with zero attached hydrogens (tertiary/aromatic N) is 1. The first-order valence-electron chi connectivity index (χ1n) is 6.75. The number of methoxy groups -OCH3 is 1. The van der Waals surface area contributed by atoms with Crippen molar-refractivity contribution in [2.24, 2.45) is 5.92 Å². The van der Waals surface area contributed by atoms with Gasteiger partial charge in [-0.2, -0.15) is 0 Å². The maximum atomic E-state index is 12.0. The molecule has 5 nitrogen and oxygen atoms in total. The zero-order chi connectivity index (χ0) is 15.0. The molecule has 0 bridgehead atoms. The molecule has 1 amide bonds. The number of carbonyl (C=O) groups is 1. The topological polar surface area (TPSA) is 50.8 Å². The van der Waals surface area contributed by atoms with Crippen molar-refractivity contribution in [1.29, 1.82) is 0 Å². The molecule has 120 valence electrons. The summed E-state index contributed by atoms with van der Waals surface area (Å²) in [5, 5.41) is 3.00. The molecule has 0 radical (unpaired) electrons. The molecule has 1 N–H and O–H groups in total. The molecule has 6 heteroatoms. The monoisotopic (exact) mass is 316 g/mol. The fourth-order valence-corrected chi connectivity index (χ4v) is 1.91. The molecule has 1 unspecified atom stereocenters. The van der Waals surface area contributed by atoms with Crippen LogP contribution in [0, 0.1) is 5.92 Å². The lowest BCUT2D eigenvalue weighted by atomic mass is 10.1. The highest BCUT2D eigenvalue weighted by molar-refractivity contribution is 5.85. The van der Waals surface area contributed by atoms with E-state index >= 15 is 0 Å². The molecule has 1 aromatic rings. The van der Waals surface area contributed by atoms with Crippen LogP contribution in [0.2, 0.25) is 0 Å². The smallest absolute Gasteiger partial charge is 0.226 e. The van der Waals surface area contributed by atoms with Crippen molar-refractivity contribution in [2.45, 2.75) is 6.92 Å². The van der Waals surface area contributed by atoms with E-state index in [0.717, 1.165) is 0 Å². The third-order valence-electron chi connectivity index (χ3n) is 3.06. The number of hydrogen-bond donors (Lipinski definition) is 1. The molecule has 0 aliphatic heterocycles. The molecule has 1 rings (SSSR count). The minimum absolute atomic E-state index is 0. The predicted octanol–water partition coefficient (Wildman–Crippen LogP) is 1.81. The third kappa shape index (κ3) is 6.23. The lowest BCUT2D eigenvalue weighted by Gasteiger charge is -2.21. The average molecular weight is 317 g/mol. The first-order chi connectivity index (χ1) is 9.60. The van der Waals surface area contributed by atoms with Crippen molar-refractivity contribution in [3.05, 3.63) is 24.3 Å². The Hall–Kier alpha value is -1.46. The van der Waals surface area contributed by atoms with Gasteiger partial charge in [-0.05, 0) is 19.2 Å². The van der Waals surface area contributed by atoms with Crippen LogP contribution in [0.25, 0.3) is 0 Å². The Morgan fingerprint density at radius 1 is 1.33 bits per heavy atom. The van der Waals surface area contributed by atoms with Gasteiger partial charge in [-0.25, -0.2) is 0 Å². The molecule has 0 fully saturated rings. The van der Waals surface area contributed by atoms with Gasteiger partial charge in [-0.3, -0.25) is 4.79 Å². The van der Waals surface area contributed by atoms with Gasteiger partial charge in [0, 0.05) is 19.5 Å². The molecule has 0 heterocycles. The maximum Gasteiger partial charge on any atom is 0.226 e. The molecule has 0 aliphatic rings. The minimum atomic E-state index is -0.0312. The Bertz CT molecular complexity index is 429. The van der Waals surface area contributed by atoms with Crippen molar-refractivity contribution in [3.8, 4) is 11.5 Å². The number of benzene rings is 1. The summed E-state index contributed by atoms with van der Waals surface area (Å²) in [6.45, 7) is 3.58. The SMILES string of the molecule is CNCC(C)C(=O)N(C)CCOc1ccccc1OC.Cl. The van der Waals surface area contributed by atoms with E-state index in [9.17, 15) is 4.79 Å². The van der Waals surface area contributed by atoms with Crippen molar-refractivity contribution in [3.63, 3.8) is 0 Å². The molecule has 1 aromatic carbocycles. The number of para-hydroxylation sites is 2. The van der Waals surface area contributed by atoms with Crippen LogP contribution in [-0.2, 0) is 4.79 Å². The number of carbonyl (C=O) groups excluding carboxylic acids is 1. The van der Waals surface area contributed by atoms with Gasteiger partial charge in [0.2, 0.25) is 5.91 Å². The maximum absolute atomic E-state index is 12.0. The molecule has 1 atom stereocenters. The van der Waals surface area contributed by atoms with Crippen molar-refractivity contribution >= 4 is 18.3 Å². The number of likely N-dealkylation sites (N-methyl/N-ethyl adjacent to an activating group) is 1. The first-order valence-corrected chi connectivity index (χ1v) is 6.75. The highest BCUT2D eigenvalue weighted by Gasteiger charge is 2.16. The number of hydrogen-bond acceptors (Lipinski definition) is 4. The number of ether oxygens (including phenoxy) is 2. The highest BCUT2D eigenvalue weighted by Crippen LogP contribution is 2.25. The lowest BCUT2D eigenvalue weighted by Crippen LogP contribution is -2.38. The fraction of sp³-hybridized carbons (Fsp3) is 0.533. The van der Waals surface area contributed by atoms with Gasteiger partial charge < -0.3 is 19.7 Å². The molecule has 0 saturated carbocycles. The molecular weight excluding hydrogens is 292 g/mol. The summed E-state index contributed by atoms with van der Waals surface area (Å²) in [7, 11) is 5.24. The zero-order valence-corrected chi connectivity index (χ0v) is 13.9.